The molecule has 3 heterocycles. The van der Waals surface area contributed by atoms with Crippen LogP contribution in [0.5, 0.6) is 0 Å². The van der Waals surface area contributed by atoms with E-state index in [1.807, 2.05) is 23.1 Å². The van der Waals surface area contributed by atoms with Gasteiger partial charge in [-0.1, -0.05) is 18.2 Å². The summed E-state index contributed by atoms with van der Waals surface area (Å²) in [6.45, 7) is 6.56. The maximum absolute atomic E-state index is 13.6. The molecule has 2 aromatic heterocycles. The Balaban J connectivity index is 1.49. The molecule has 1 aliphatic rings. The molecule has 5 rings (SSSR count). The van der Waals surface area contributed by atoms with Gasteiger partial charge in [0.15, 0.2) is 0 Å². The Bertz CT molecular complexity index is 1350. The summed E-state index contributed by atoms with van der Waals surface area (Å²) in [5.41, 5.74) is 4.07. The molecule has 4 aromatic rings. The minimum absolute atomic E-state index is 0.104. The van der Waals surface area contributed by atoms with Gasteiger partial charge >= 0.3 is 0 Å². The summed E-state index contributed by atoms with van der Waals surface area (Å²) in [6.07, 6.45) is 4.47. The Kier molecular flexibility index (Phi) is 5.04. The summed E-state index contributed by atoms with van der Waals surface area (Å²) in [6, 6.07) is 10.7. The van der Waals surface area contributed by atoms with Crippen molar-refractivity contribution in [2.75, 3.05) is 6.54 Å². The fourth-order valence-corrected chi connectivity index (χ4v) is 4.65. The Morgan fingerprint density at radius 3 is 2.78 bits per heavy atom. The van der Waals surface area contributed by atoms with Crippen LogP contribution in [0.3, 0.4) is 0 Å². The summed E-state index contributed by atoms with van der Waals surface area (Å²) >= 11 is 0. The van der Waals surface area contributed by atoms with E-state index in [0.29, 0.717) is 11.9 Å². The number of amides is 1. The van der Waals surface area contributed by atoms with Crippen molar-refractivity contribution in [1.82, 2.24) is 24.6 Å². The van der Waals surface area contributed by atoms with Crippen LogP contribution in [0.4, 0.5) is 0 Å². The molecule has 2 atom stereocenters. The van der Waals surface area contributed by atoms with Gasteiger partial charge in [0.2, 0.25) is 5.91 Å². The zero-order valence-electron chi connectivity index (χ0n) is 18.6. The molecule has 1 N–H and O–H groups in total. The van der Waals surface area contributed by atoms with Crippen LogP contribution in [0.1, 0.15) is 55.2 Å². The third-order valence-electron chi connectivity index (χ3n) is 6.66. The molecule has 7 nitrogen and oxygen atoms in total. The van der Waals surface area contributed by atoms with Crippen molar-refractivity contribution >= 4 is 27.7 Å². The van der Waals surface area contributed by atoms with Crippen molar-refractivity contribution in [3.05, 3.63) is 69.9 Å². The highest BCUT2D eigenvalue weighted by atomic mass is 16.2. The second kappa shape index (κ2) is 7.89. The zero-order valence-corrected chi connectivity index (χ0v) is 18.6. The van der Waals surface area contributed by atoms with Gasteiger partial charge in [0.1, 0.15) is 11.9 Å². The molecule has 0 saturated carbocycles. The Hall–Kier alpha value is -3.48. The molecule has 0 aliphatic carbocycles. The topological polar surface area (TPSA) is 83.9 Å². The Labute approximate surface area is 186 Å². The molecule has 1 aliphatic heterocycles. The number of aryl methyl sites for hydroxylation is 2. The summed E-state index contributed by atoms with van der Waals surface area (Å²) < 4.78 is 1.31. The number of aromatic amines is 1. The zero-order chi connectivity index (χ0) is 22.4. The van der Waals surface area contributed by atoms with Gasteiger partial charge < -0.3 is 9.88 Å². The smallest absolute Gasteiger partial charge is 0.275 e. The number of rotatable bonds is 3. The molecule has 7 heteroatoms. The summed E-state index contributed by atoms with van der Waals surface area (Å²) in [7, 11) is 0. The van der Waals surface area contributed by atoms with Crippen molar-refractivity contribution in [2.24, 2.45) is 0 Å². The van der Waals surface area contributed by atoms with Crippen LogP contribution in [-0.4, -0.2) is 37.1 Å². The van der Waals surface area contributed by atoms with E-state index in [-0.39, 0.29) is 17.5 Å². The lowest BCUT2D eigenvalue weighted by atomic mass is 10.0. The lowest BCUT2D eigenvalue weighted by Gasteiger charge is -2.36. The third kappa shape index (κ3) is 3.38. The predicted octanol–water partition coefficient (Wildman–Crippen LogP) is 4.20. The Morgan fingerprint density at radius 2 is 1.94 bits per heavy atom. The standard InChI is InChI=1S/C25H27N5O2/c1-15-12-20-21(13-16(15)2)28-23(27-20)22-10-6-7-11-29(22)24(31)17(3)30-25(32)19-9-5-4-8-18(19)14-26-30/h4-5,8-9,12-14,17,22H,6-7,10-11H2,1-3H3,(H,27,28)/t17-,22-/m1/s1. The minimum Gasteiger partial charge on any atom is -0.340 e. The number of piperidine rings is 1. The van der Waals surface area contributed by atoms with Crippen LogP contribution >= 0.6 is 0 Å². The number of fused-ring (bicyclic) bond motifs is 2. The van der Waals surface area contributed by atoms with Gasteiger partial charge in [-0.05, 0) is 69.4 Å². The first-order valence-corrected chi connectivity index (χ1v) is 11.2. The highest BCUT2D eigenvalue weighted by molar-refractivity contribution is 5.83. The molecule has 2 aromatic carbocycles. The number of imidazole rings is 1. The van der Waals surface area contributed by atoms with Crippen LogP contribution in [0, 0.1) is 13.8 Å². The number of H-pyrrole nitrogens is 1. The van der Waals surface area contributed by atoms with E-state index < -0.39 is 6.04 Å². The largest absolute Gasteiger partial charge is 0.340 e. The van der Waals surface area contributed by atoms with Gasteiger partial charge in [0, 0.05) is 11.9 Å². The summed E-state index contributed by atoms with van der Waals surface area (Å²) in [4.78, 5) is 36.7. The van der Waals surface area contributed by atoms with E-state index in [2.05, 4.69) is 36.1 Å². The van der Waals surface area contributed by atoms with E-state index in [1.165, 1.54) is 15.8 Å². The average molecular weight is 430 g/mol. The number of nitrogens with zero attached hydrogens (tertiary/aromatic N) is 4. The first-order valence-electron chi connectivity index (χ1n) is 11.2. The van der Waals surface area contributed by atoms with Gasteiger partial charge in [-0.15, -0.1) is 0 Å². The highest BCUT2D eigenvalue weighted by Gasteiger charge is 2.34. The van der Waals surface area contributed by atoms with E-state index in [4.69, 9.17) is 4.98 Å². The number of nitrogens with one attached hydrogen (secondary N) is 1. The van der Waals surface area contributed by atoms with Crippen molar-refractivity contribution < 1.29 is 4.79 Å². The normalized spacial score (nSPS) is 17.7. The lowest BCUT2D eigenvalue weighted by Crippen LogP contribution is -2.44. The molecular weight excluding hydrogens is 402 g/mol. The maximum atomic E-state index is 13.6. The predicted molar refractivity (Wildman–Crippen MR) is 125 cm³/mol. The molecule has 1 amide bonds. The molecule has 0 spiro atoms. The van der Waals surface area contributed by atoms with E-state index in [0.717, 1.165) is 41.5 Å². The van der Waals surface area contributed by atoms with Gasteiger partial charge in [-0.25, -0.2) is 9.67 Å². The van der Waals surface area contributed by atoms with Crippen molar-refractivity contribution in [1.29, 1.82) is 0 Å². The van der Waals surface area contributed by atoms with Crippen molar-refractivity contribution in [2.45, 2.75) is 52.1 Å². The molecular formula is C25H27N5O2. The van der Waals surface area contributed by atoms with E-state index in [1.54, 1.807) is 19.2 Å². The molecule has 164 valence electrons. The minimum atomic E-state index is -0.693. The van der Waals surface area contributed by atoms with E-state index in [9.17, 15) is 9.59 Å². The quantitative estimate of drug-likeness (QED) is 0.529. The average Bonchev–Trinajstić information content (AvgIpc) is 3.21. The van der Waals surface area contributed by atoms with Crippen molar-refractivity contribution in [3.8, 4) is 0 Å². The van der Waals surface area contributed by atoms with Crippen LogP contribution in [0.2, 0.25) is 0 Å². The summed E-state index contributed by atoms with van der Waals surface area (Å²) in [5, 5.41) is 5.65. The Morgan fingerprint density at radius 1 is 1.16 bits per heavy atom. The second-order valence-electron chi connectivity index (χ2n) is 8.78. The molecule has 0 unspecified atom stereocenters. The number of hydrogen-bond acceptors (Lipinski definition) is 4. The van der Waals surface area contributed by atoms with Crippen molar-refractivity contribution in [3.63, 3.8) is 0 Å². The highest BCUT2D eigenvalue weighted by Crippen LogP contribution is 2.32. The number of carbonyl (C=O) groups is 1. The molecule has 1 fully saturated rings. The SMILES string of the molecule is Cc1cc2nc([C@H]3CCCCN3C(=O)[C@@H](C)n3ncc4ccccc4c3=O)[nH]c2cc1C. The first kappa shape index (κ1) is 20.4. The van der Waals surface area contributed by atoms with Gasteiger partial charge in [-0.2, -0.15) is 5.10 Å². The number of hydrogen-bond donors (Lipinski definition) is 1. The number of benzene rings is 2. The molecule has 0 bridgehead atoms. The van der Waals surface area contributed by atoms with Gasteiger partial charge in [0.05, 0.1) is 28.7 Å². The van der Waals surface area contributed by atoms with Gasteiger partial charge in [-0.3, -0.25) is 9.59 Å². The summed E-state index contributed by atoms with van der Waals surface area (Å²) in [5.74, 6) is 0.705. The van der Waals surface area contributed by atoms with E-state index >= 15 is 0 Å². The van der Waals surface area contributed by atoms with Crippen LogP contribution in [0.25, 0.3) is 21.8 Å². The molecule has 0 radical (unpaired) electrons. The van der Waals surface area contributed by atoms with Crippen LogP contribution < -0.4 is 5.56 Å². The third-order valence-corrected chi connectivity index (χ3v) is 6.66. The number of likely N-dealkylation sites (tertiary alicyclic amines) is 1. The number of carbonyl (C=O) groups excluding carboxylic acids is 1. The lowest BCUT2D eigenvalue weighted by molar-refractivity contribution is -0.138. The monoisotopic (exact) mass is 429 g/mol. The van der Waals surface area contributed by atoms with Crippen LogP contribution in [-0.2, 0) is 4.79 Å². The fourth-order valence-electron chi connectivity index (χ4n) is 4.65. The van der Waals surface area contributed by atoms with Crippen LogP contribution in [0.15, 0.2) is 47.4 Å². The molecule has 1 saturated heterocycles. The number of aromatic nitrogens is 4. The fraction of sp³-hybridized carbons (Fsp3) is 0.360. The molecule has 32 heavy (non-hydrogen) atoms. The second-order valence-corrected chi connectivity index (χ2v) is 8.78. The maximum Gasteiger partial charge on any atom is 0.275 e. The van der Waals surface area contributed by atoms with Gasteiger partial charge in [0.25, 0.3) is 5.56 Å². The first-order chi connectivity index (χ1) is 15.4.